The van der Waals surface area contributed by atoms with E-state index in [2.05, 4.69) is 15.9 Å². The number of hydrogen-bond acceptors (Lipinski definition) is 0. The maximum Gasteiger partial charge on any atom is 0.0492 e. The Balaban J connectivity index is 2.15. The van der Waals surface area contributed by atoms with E-state index >= 15 is 0 Å². The van der Waals surface area contributed by atoms with Crippen LogP contribution in [0.25, 0.3) is 0 Å². The summed E-state index contributed by atoms with van der Waals surface area (Å²) in [4.78, 5) is 0.623. The van der Waals surface area contributed by atoms with Crippen molar-refractivity contribution in [1.29, 1.82) is 0 Å². The monoisotopic (exact) mass is 208 g/mol. The molecule has 0 spiro atoms. The van der Waals surface area contributed by atoms with E-state index in [0.29, 0.717) is 10.2 Å². The van der Waals surface area contributed by atoms with Crippen molar-refractivity contribution < 1.29 is 0 Å². The van der Waals surface area contributed by atoms with Gasteiger partial charge in [-0.2, -0.15) is 0 Å². The van der Waals surface area contributed by atoms with Crippen LogP contribution in [0.15, 0.2) is 0 Å². The Bertz CT molecular complexity index is 108. The van der Waals surface area contributed by atoms with Crippen molar-refractivity contribution in [2.45, 2.75) is 29.5 Å². The highest BCUT2D eigenvalue weighted by atomic mass is 79.9. The van der Waals surface area contributed by atoms with Gasteiger partial charge in [0, 0.05) is 10.2 Å². The van der Waals surface area contributed by atoms with E-state index in [1.165, 1.54) is 19.3 Å². The van der Waals surface area contributed by atoms with Crippen molar-refractivity contribution in [3.8, 4) is 0 Å². The molecule has 2 fully saturated rings. The minimum Gasteiger partial charge on any atom is -0.121 e. The Morgan fingerprint density at radius 3 is 2.22 bits per heavy atom. The smallest absolute Gasteiger partial charge is 0.0492 e. The number of rotatable bonds is 0. The zero-order chi connectivity index (χ0) is 6.43. The molecule has 0 N–H and O–H groups in total. The van der Waals surface area contributed by atoms with E-state index in [0.717, 1.165) is 11.8 Å². The SMILES string of the molecule is Cl[C@@H]1[C@H]2CC[C@H](C2)[C@@H]1Br. The van der Waals surface area contributed by atoms with Crippen LogP contribution in [0.1, 0.15) is 19.3 Å². The molecule has 9 heavy (non-hydrogen) atoms. The van der Waals surface area contributed by atoms with Crippen LogP contribution in [0.3, 0.4) is 0 Å². The average Bonchev–Trinajstić information content (AvgIpc) is 2.37. The molecular weight excluding hydrogens is 199 g/mol. The summed E-state index contributed by atoms with van der Waals surface area (Å²) < 4.78 is 0. The first-order chi connectivity index (χ1) is 4.29. The zero-order valence-corrected chi connectivity index (χ0v) is 7.53. The fourth-order valence-electron chi connectivity index (χ4n) is 2.15. The lowest BCUT2D eigenvalue weighted by molar-refractivity contribution is 0.504. The number of halogens is 2. The molecule has 0 aromatic carbocycles. The highest BCUT2D eigenvalue weighted by molar-refractivity contribution is 9.09. The van der Waals surface area contributed by atoms with Crippen LogP contribution in [0.4, 0.5) is 0 Å². The van der Waals surface area contributed by atoms with E-state index in [9.17, 15) is 0 Å². The molecule has 2 aliphatic carbocycles. The van der Waals surface area contributed by atoms with Gasteiger partial charge in [-0.05, 0) is 31.1 Å². The van der Waals surface area contributed by atoms with Gasteiger partial charge < -0.3 is 0 Å². The first kappa shape index (κ1) is 6.48. The Morgan fingerprint density at radius 1 is 1.22 bits per heavy atom. The van der Waals surface area contributed by atoms with E-state index in [1.54, 1.807) is 0 Å². The van der Waals surface area contributed by atoms with Gasteiger partial charge in [0.2, 0.25) is 0 Å². The minimum atomic E-state index is 0.434. The third-order valence-electron chi connectivity index (χ3n) is 2.72. The standard InChI is InChI=1S/C7H10BrCl/c8-6-4-1-2-5(3-4)7(6)9/h4-7H,1-3H2/t4-,5+,6+,7-/m1/s1. The van der Waals surface area contributed by atoms with Gasteiger partial charge in [-0.25, -0.2) is 0 Å². The molecular formula is C7H10BrCl. The van der Waals surface area contributed by atoms with Crippen LogP contribution in [0, 0.1) is 11.8 Å². The highest BCUT2D eigenvalue weighted by Crippen LogP contribution is 2.50. The van der Waals surface area contributed by atoms with Crippen LogP contribution in [0.5, 0.6) is 0 Å². The van der Waals surface area contributed by atoms with Crippen molar-refractivity contribution in [3.05, 3.63) is 0 Å². The summed E-state index contributed by atoms with van der Waals surface area (Å²) >= 11 is 9.74. The maximum absolute atomic E-state index is 6.11. The maximum atomic E-state index is 6.11. The second kappa shape index (κ2) is 2.13. The first-order valence-corrected chi connectivity index (χ1v) is 4.92. The van der Waals surface area contributed by atoms with Crippen LogP contribution in [0.2, 0.25) is 0 Å². The van der Waals surface area contributed by atoms with Crippen LogP contribution >= 0.6 is 27.5 Å². The largest absolute Gasteiger partial charge is 0.121 e. The molecule has 0 unspecified atom stereocenters. The van der Waals surface area contributed by atoms with Crippen LogP contribution in [-0.4, -0.2) is 10.2 Å². The predicted octanol–water partition coefficient (Wildman–Crippen LogP) is 2.79. The van der Waals surface area contributed by atoms with E-state index in [1.807, 2.05) is 0 Å². The lowest BCUT2D eigenvalue weighted by Crippen LogP contribution is -2.21. The molecule has 0 aromatic heterocycles. The molecule has 0 aromatic rings. The van der Waals surface area contributed by atoms with Gasteiger partial charge in [-0.15, -0.1) is 11.6 Å². The van der Waals surface area contributed by atoms with Crippen molar-refractivity contribution in [2.24, 2.45) is 11.8 Å². The summed E-state index contributed by atoms with van der Waals surface area (Å²) in [6.07, 6.45) is 4.16. The molecule has 0 nitrogen and oxygen atoms in total. The molecule has 4 atom stereocenters. The third kappa shape index (κ3) is 0.848. The van der Waals surface area contributed by atoms with Crippen molar-refractivity contribution in [1.82, 2.24) is 0 Å². The fraction of sp³-hybridized carbons (Fsp3) is 1.00. The fourth-order valence-corrected chi connectivity index (χ4v) is 3.50. The van der Waals surface area contributed by atoms with Gasteiger partial charge in [-0.1, -0.05) is 15.9 Å². The lowest BCUT2D eigenvalue weighted by Gasteiger charge is -2.20. The van der Waals surface area contributed by atoms with Crippen LogP contribution < -0.4 is 0 Å². The van der Waals surface area contributed by atoms with Gasteiger partial charge in [-0.3, -0.25) is 0 Å². The minimum absolute atomic E-state index is 0.434. The van der Waals surface area contributed by atoms with E-state index < -0.39 is 0 Å². The molecule has 0 saturated heterocycles. The first-order valence-electron chi connectivity index (χ1n) is 3.57. The van der Waals surface area contributed by atoms with Gasteiger partial charge in [0.25, 0.3) is 0 Å². The van der Waals surface area contributed by atoms with Crippen molar-refractivity contribution in [3.63, 3.8) is 0 Å². The highest BCUT2D eigenvalue weighted by Gasteiger charge is 2.45. The lowest BCUT2D eigenvalue weighted by atomic mass is 10.0. The summed E-state index contributed by atoms with van der Waals surface area (Å²) in [5.41, 5.74) is 0. The van der Waals surface area contributed by atoms with Crippen molar-refractivity contribution in [2.75, 3.05) is 0 Å². The number of hydrogen-bond donors (Lipinski definition) is 0. The summed E-state index contributed by atoms with van der Waals surface area (Å²) in [7, 11) is 0. The Morgan fingerprint density at radius 2 is 1.89 bits per heavy atom. The third-order valence-corrected chi connectivity index (χ3v) is 4.97. The second-order valence-corrected chi connectivity index (χ2v) is 4.78. The summed E-state index contributed by atoms with van der Waals surface area (Å²) in [5, 5.41) is 0.434. The Labute approximate surface area is 69.1 Å². The van der Waals surface area contributed by atoms with E-state index in [4.69, 9.17) is 11.6 Å². The van der Waals surface area contributed by atoms with E-state index in [-0.39, 0.29) is 0 Å². The molecule has 52 valence electrons. The molecule has 2 rings (SSSR count). The normalized spacial score (nSPS) is 56.7. The zero-order valence-electron chi connectivity index (χ0n) is 5.19. The molecule has 0 heterocycles. The molecule has 2 bridgehead atoms. The quantitative estimate of drug-likeness (QED) is 0.538. The second-order valence-electron chi connectivity index (χ2n) is 3.22. The molecule has 2 aliphatic rings. The molecule has 2 saturated carbocycles. The summed E-state index contributed by atoms with van der Waals surface area (Å²) in [5.74, 6) is 1.73. The van der Waals surface area contributed by atoms with Gasteiger partial charge in [0.1, 0.15) is 0 Å². The summed E-state index contributed by atoms with van der Waals surface area (Å²) in [6, 6.07) is 0. The predicted molar refractivity (Wildman–Crippen MR) is 43.2 cm³/mol. The van der Waals surface area contributed by atoms with Crippen molar-refractivity contribution >= 4 is 27.5 Å². The molecule has 0 aliphatic heterocycles. The average molecular weight is 210 g/mol. The topological polar surface area (TPSA) is 0 Å². The van der Waals surface area contributed by atoms with Gasteiger partial charge >= 0.3 is 0 Å². The van der Waals surface area contributed by atoms with Gasteiger partial charge in [0.05, 0.1) is 0 Å². The molecule has 2 heteroatoms. The Kier molecular flexibility index (Phi) is 1.53. The molecule has 0 amide bonds. The number of alkyl halides is 2. The summed E-state index contributed by atoms with van der Waals surface area (Å²) in [6.45, 7) is 0. The number of fused-ring (bicyclic) bond motifs is 2. The van der Waals surface area contributed by atoms with Crippen LogP contribution in [-0.2, 0) is 0 Å². The Hall–Kier alpha value is 0.770. The molecule has 0 radical (unpaired) electrons. The van der Waals surface area contributed by atoms with Gasteiger partial charge in [0.15, 0.2) is 0 Å².